The van der Waals surface area contributed by atoms with Gasteiger partial charge < -0.3 is 15.3 Å². The summed E-state index contributed by atoms with van der Waals surface area (Å²) in [7, 11) is 0. The molecule has 0 N–H and O–H groups in total. The van der Waals surface area contributed by atoms with Crippen molar-refractivity contribution in [3.63, 3.8) is 0 Å². The second-order valence-electron chi connectivity index (χ2n) is 7.31. The second kappa shape index (κ2) is 19.2. The number of ketones is 3. The normalized spacial score (nSPS) is 10.9. The Morgan fingerprint density at radius 1 is 0.583 bits per heavy atom. The van der Waals surface area contributed by atoms with Crippen molar-refractivity contribution in [3.8, 4) is 0 Å². The van der Waals surface area contributed by atoms with E-state index in [1.54, 1.807) is 12.4 Å². The molecule has 36 heavy (non-hydrogen) atoms. The van der Waals surface area contributed by atoms with E-state index in [0.29, 0.717) is 0 Å². The largest absolute Gasteiger partial charge is 3.00 e. The SMILES string of the molecule is CC(=O)/C=C(/C)[O-].CC(=O)/C=C(/C)[O-].CC(=O)/C=C(/C)[O-].[Sm+3].c1cnc2c(c1)ccc1cccnc12. The molecule has 0 saturated heterocycles. The number of pyridine rings is 2. The van der Waals surface area contributed by atoms with Crippen LogP contribution in [0.25, 0.3) is 21.8 Å². The number of carbonyl (C=O) groups is 3. The van der Waals surface area contributed by atoms with Crippen LogP contribution in [0, 0.1) is 40.4 Å². The zero-order valence-electron chi connectivity index (χ0n) is 21.1. The maximum atomic E-state index is 9.98. The smallest absolute Gasteiger partial charge is 0.876 e. The van der Waals surface area contributed by atoms with Crippen molar-refractivity contribution in [2.45, 2.75) is 41.5 Å². The Labute approximate surface area is 243 Å². The summed E-state index contributed by atoms with van der Waals surface area (Å²) in [5.41, 5.74) is 1.95. The molecule has 0 bridgehead atoms. The van der Waals surface area contributed by atoms with Crippen LogP contribution in [-0.4, -0.2) is 27.3 Å². The van der Waals surface area contributed by atoms with E-state index in [9.17, 15) is 29.7 Å². The number of carbonyl (C=O) groups excluding carboxylic acids is 3. The molecule has 0 aliphatic carbocycles. The topological polar surface area (TPSA) is 146 Å². The minimum absolute atomic E-state index is 0. The Kier molecular flexibility index (Phi) is 18.8. The fraction of sp³-hybridized carbons (Fsp3) is 0.222. The first-order valence-corrected chi connectivity index (χ1v) is 10.5. The first-order chi connectivity index (χ1) is 16.3. The number of hydrogen-bond donors (Lipinski definition) is 0. The van der Waals surface area contributed by atoms with Crippen LogP contribution in [0.2, 0.25) is 0 Å². The van der Waals surface area contributed by atoms with Gasteiger partial charge in [0.05, 0.1) is 11.0 Å². The van der Waals surface area contributed by atoms with Gasteiger partial charge in [-0.05, 0) is 51.1 Å². The number of allylic oxidation sites excluding steroid dienone is 6. The molecule has 3 rings (SSSR count). The van der Waals surface area contributed by atoms with Crippen molar-refractivity contribution >= 4 is 39.2 Å². The van der Waals surface area contributed by atoms with E-state index in [1.165, 1.54) is 41.5 Å². The number of rotatable bonds is 3. The molecule has 1 radical (unpaired) electrons. The Balaban J connectivity index is 0. The monoisotopic (exact) mass is 629 g/mol. The molecule has 0 amide bonds. The predicted molar refractivity (Wildman–Crippen MR) is 130 cm³/mol. The van der Waals surface area contributed by atoms with Gasteiger partial charge in [0.2, 0.25) is 0 Å². The van der Waals surface area contributed by atoms with Gasteiger partial charge in [-0.1, -0.05) is 45.0 Å². The van der Waals surface area contributed by atoms with E-state index in [4.69, 9.17) is 0 Å². The maximum absolute atomic E-state index is 9.98. The minimum atomic E-state index is -0.187. The third kappa shape index (κ3) is 17.4. The molecule has 2 heterocycles. The first kappa shape index (κ1) is 35.2. The van der Waals surface area contributed by atoms with E-state index in [0.717, 1.165) is 40.0 Å². The van der Waals surface area contributed by atoms with Gasteiger partial charge in [-0.25, -0.2) is 0 Å². The molecule has 0 aliphatic heterocycles. The summed E-state index contributed by atoms with van der Waals surface area (Å²) >= 11 is 0. The standard InChI is InChI=1S/C12H8N2.3C5H8O2.Sm/c1-3-9-5-6-10-4-2-8-14-12(10)11(9)13-7-1;3*1-4(6)3-5(2)7;/h1-8H;3*3,6H,1-2H3;/q;;;;+3/p-3/b;3*4-3-;. The van der Waals surface area contributed by atoms with Gasteiger partial charge >= 0.3 is 40.4 Å². The van der Waals surface area contributed by atoms with E-state index >= 15 is 0 Å². The fourth-order valence-electron chi connectivity index (χ4n) is 2.54. The first-order valence-electron chi connectivity index (χ1n) is 10.5. The molecule has 0 saturated carbocycles. The summed E-state index contributed by atoms with van der Waals surface area (Å²) in [5, 5.41) is 32.2. The van der Waals surface area contributed by atoms with Gasteiger partial charge in [0.15, 0.2) is 17.3 Å². The molecule has 1 aromatic carbocycles. The molecule has 2 aromatic heterocycles. The molecule has 189 valence electrons. The van der Waals surface area contributed by atoms with Gasteiger partial charge in [0.1, 0.15) is 0 Å². The van der Waals surface area contributed by atoms with Crippen LogP contribution in [0.15, 0.2) is 84.3 Å². The van der Waals surface area contributed by atoms with Crippen LogP contribution < -0.4 is 15.3 Å². The molecule has 9 heteroatoms. The van der Waals surface area contributed by atoms with Gasteiger partial charge in [-0.15, -0.1) is 17.3 Å². The molecule has 8 nitrogen and oxygen atoms in total. The molecule has 0 atom stereocenters. The zero-order valence-corrected chi connectivity index (χ0v) is 23.7. The van der Waals surface area contributed by atoms with Gasteiger partial charge in [0.25, 0.3) is 0 Å². The number of benzene rings is 1. The van der Waals surface area contributed by atoms with Gasteiger partial charge in [-0.3, -0.25) is 24.4 Å². The van der Waals surface area contributed by atoms with E-state index in [2.05, 4.69) is 34.2 Å². The summed E-state index contributed by atoms with van der Waals surface area (Å²) in [4.78, 5) is 38.6. The summed E-state index contributed by atoms with van der Waals surface area (Å²) in [6.45, 7) is 8.09. The number of hydrogen-bond acceptors (Lipinski definition) is 8. The Hall–Kier alpha value is -2.99. The van der Waals surface area contributed by atoms with Gasteiger partial charge in [0, 0.05) is 23.2 Å². The zero-order chi connectivity index (χ0) is 27.0. The van der Waals surface area contributed by atoms with E-state index in [1.807, 2.05) is 12.1 Å². The third-order valence-electron chi connectivity index (χ3n) is 3.56. The summed E-state index contributed by atoms with van der Waals surface area (Å²) in [5.74, 6) is -1.12. The van der Waals surface area contributed by atoms with Crippen molar-refractivity contribution in [3.05, 3.63) is 84.3 Å². The third-order valence-corrected chi connectivity index (χ3v) is 3.56. The van der Waals surface area contributed by atoms with Crippen molar-refractivity contribution in [2.75, 3.05) is 0 Å². The van der Waals surface area contributed by atoms with Crippen LogP contribution in [0.4, 0.5) is 0 Å². The molecule has 3 aromatic rings. The van der Waals surface area contributed by atoms with E-state index in [-0.39, 0.29) is 75.0 Å². The molecule has 0 unspecified atom stereocenters. The number of fused-ring (bicyclic) bond motifs is 3. The predicted octanol–water partition coefficient (Wildman–Crippen LogP) is 2.30. The molecular weight excluding hydrogens is 599 g/mol. The summed E-state index contributed by atoms with van der Waals surface area (Å²) < 4.78 is 0. The summed E-state index contributed by atoms with van der Waals surface area (Å²) in [6, 6.07) is 12.1. The van der Waals surface area contributed by atoms with Crippen LogP contribution in [0.1, 0.15) is 41.5 Å². The quantitative estimate of drug-likeness (QED) is 0.244. The Bertz CT molecular complexity index is 1120. The number of nitrogens with zero attached hydrogens (tertiary/aromatic N) is 2. The van der Waals surface area contributed by atoms with Crippen LogP contribution >= 0.6 is 0 Å². The van der Waals surface area contributed by atoms with Crippen LogP contribution in [0.5, 0.6) is 0 Å². The second-order valence-corrected chi connectivity index (χ2v) is 7.31. The van der Waals surface area contributed by atoms with Crippen molar-refractivity contribution < 1.29 is 70.1 Å². The number of aromatic nitrogens is 2. The van der Waals surface area contributed by atoms with Crippen molar-refractivity contribution in [1.29, 1.82) is 0 Å². The molecule has 0 fully saturated rings. The van der Waals surface area contributed by atoms with E-state index < -0.39 is 0 Å². The fourth-order valence-corrected chi connectivity index (χ4v) is 2.54. The maximum Gasteiger partial charge on any atom is 3.00 e. The Morgan fingerprint density at radius 3 is 1.06 bits per heavy atom. The van der Waals surface area contributed by atoms with Gasteiger partial charge in [-0.2, -0.15) is 0 Å². The minimum Gasteiger partial charge on any atom is -0.876 e. The van der Waals surface area contributed by atoms with Crippen molar-refractivity contribution in [1.82, 2.24) is 9.97 Å². The molecule has 0 aliphatic rings. The average Bonchev–Trinajstić information content (AvgIpc) is 2.72. The molecular formula is C27H29N2O6Sm. The average molecular weight is 628 g/mol. The summed E-state index contributed by atoms with van der Waals surface area (Å²) in [6.07, 6.45) is 6.77. The Morgan fingerprint density at radius 2 is 0.861 bits per heavy atom. The van der Waals surface area contributed by atoms with Crippen LogP contribution in [-0.2, 0) is 14.4 Å². The molecule has 0 spiro atoms. The van der Waals surface area contributed by atoms with Crippen molar-refractivity contribution in [2.24, 2.45) is 0 Å². The van der Waals surface area contributed by atoms with Crippen LogP contribution in [0.3, 0.4) is 0 Å².